The molecule has 2 amide bonds. The van der Waals surface area contributed by atoms with E-state index in [1.165, 1.54) is 0 Å². The summed E-state index contributed by atoms with van der Waals surface area (Å²) >= 11 is 6.34. The average Bonchev–Trinajstić information content (AvgIpc) is 2.96. The summed E-state index contributed by atoms with van der Waals surface area (Å²) in [6.07, 6.45) is -0.0306. The maximum absolute atomic E-state index is 13.1. The van der Waals surface area contributed by atoms with Gasteiger partial charge in [-0.25, -0.2) is 0 Å². The second-order valence-electron chi connectivity index (χ2n) is 7.81. The van der Waals surface area contributed by atoms with Crippen molar-refractivity contribution in [3.05, 3.63) is 88.4 Å². The number of halogens is 1. The molecule has 0 fully saturated rings. The largest absolute Gasteiger partial charge is 0.497 e. The van der Waals surface area contributed by atoms with Gasteiger partial charge in [0.2, 0.25) is 0 Å². The van der Waals surface area contributed by atoms with Crippen molar-refractivity contribution in [1.82, 2.24) is 4.90 Å². The van der Waals surface area contributed by atoms with Crippen LogP contribution in [0.3, 0.4) is 0 Å². The van der Waals surface area contributed by atoms with E-state index in [0.29, 0.717) is 47.3 Å². The van der Waals surface area contributed by atoms with E-state index in [0.717, 1.165) is 11.1 Å². The second-order valence-corrected chi connectivity index (χ2v) is 8.22. The van der Waals surface area contributed by atoms with Crippen LogP contribution in [0.1, 0.15) is 34.8 Å². The Hall–Kier alpha value is -3.51. The zero-order valence-electron chi connectivity index (χ0n) is 18.5. The molecular formula is C26H25ClN2O4. The van der Waals surface area contributed by atoms with Gasteiger partial charge < -0.3 is 19.7 Å². The molecule has 6 nitrogen and oxygen atoms in total. The summed E-state index contributed by atoms with van der Waals surface area (Å²) in [5, 5.41) is 3.53. The van der Waals surface area contributed by atoms with E-state index in [-0.39, 0.29) is 11.8 Å². The number of anilines is 1. The summed E-state index contributed by atoms with van der Waals surface area (Å²) in [4.78, 5) is 27.6. The Morgan fingerprint density at radius 1 is 1.15 bits per heavy atom. The van der Waals surface area contributed by atoms with Crippen LogP contribution in [-0.4, -0.2) is 29.9 Å². The number of fused-ring (bicyclic) bond motifs is 1. The Labute approximate surface area is 198 Å². The summed E-state index contributed by atoms with van der Waals surface area (Å²) in [5.74, 6) is 0.906. The molecule has 7 heteroatoms. The lowest BCUT2D eigenvalue weighted by molar-refractivity contribution is -0.139. The topological polar surface area (TPSA) is 67.9 Å². The molecule has 0 aromatic heterocycles. The van der Waals surface area contributed by atoms with Crippen molar-refractivity contribution in [3.63, 3.8) is 0 Å². The number of methoxy groups -OCH3 is 1. The summed E-state index contributed by atoms with van der Waals surface area (Å²) in [5.41, 5.74) is 2.79. The molecule has 0 radical (unpaired) electrons. The van der Waals surface area contributed by atoms with Gasteiger partial charge in [0, 0.05) is 34.9 Å². The van der Waals surface area contributed by atoms with E-state index in [1.54, 1.807) is 48.4 Å². The van der Waals surface area contributed by atoms with E-state index in [2.05, 4.69) is 5.32 Å². The first kappa shape index (κ1) is 22.7. The molecule has 3 aromatic rings. The van der Waals surface area contributed by atoms with Gasteiger partial charge in [-0.2, -0.15) is 0 Å². The third-order valence-corrected chi connectivity index (χ3v) is 5.93. The molecule has 0 spiro atoms. The van der Waals surface area contributed by atoms with Crippen molar-refractivity contribution in [3.8, 4) is 11.5 Å². The van der Waals surface area contributed by atoms with Crippen LogP contribution in [-0.2, 0) is 17.9 Å². The third kappa shape index (κ3) is 5.12. The first-order chi connectivity index (χ1) is 16.0. The maximum Gasteiger partial charge on any atom is 0.264 e. The quantitative estimate of drug-likeness (QED) is 0.537. The molecule has 1 aliphatic rings. The molecule has 0 bridgehead atoms. The number of ether oxygens (including phenoxy) is 2. The monoisotopic (exact) mass is 464 g/mol. The van der Waals surface area contributed by atoms with Gasteiger partial charge in [0.1, 0.15) is 11.5 Å². The first-order valence-corrected chi connectivity index (χ1v) is 11.1. The minimum Gasteiger partial charge on any atom is -0.497 e. The summed E-state index contributed by atoms with van der Waals surface area (Å²) in [7, 11) is 1.56. The van der Waals surface area contributed by atoms with Crippen LogP contribution in [0, 0.1) is 0 Å². The van der Waals surface area contributed by atoms with Crippen LogP contribution in [0.5, 0.6) is 11.5 Å². The molecule has 1 N–H and O–H groups in total. The molecule has 33 heavy (non-hydrogen) atoms. The van der Waals surface area contributed by atoms with Gasteiger partial charge in [-0.15, -0.1) is 0 Å². The number of rotatable bonds is 6. The Morgan fingerprint density at radius 3 is 2.73 bits per heavy atom. The Balaban J connectivity index is 1.59. The van der Waals surface area contributed by atoms with E-state index in [4.69, 9.17) is 21.1 Å². The van der Waals surface area contributed by atoms with Crippen LogP contribution in [0.4, 0.5) is 5.69 Å². The fourth-order valence-electron chi connectivity index (χ4n) is 3.78. The lowest BCUT2D eigenvalue weighted by Crippen LogP contribution is -2.38. The molecule has 3 aromatic carbocycles. The molecule has 1 aliphatic heterocycles. The van der Waals surface area contributed by atoms with Crippen molar-refractivity contribution in [1.29, 1.82) is 0 Å². The van der Waals surface area contributed by atoms with Crippen LogP contribution < -0.4 is 14.8 Å². The molecule has 0 saturated heterocycles. The highest BCUT2D eigenvalue weighted by atomic mass is 35.5. The van der Waals surface area contributed by atoms with E-state index in [1.807, 2.05) is 37.3 Å². The number of hydrogen-bond acceptors (Lipinski definition) is 4. The van der Waals surface area contributed by atoms with Gasteiger partial charge in [-0.05, 0) is 54.4 Å². The molecule has 170 valence electrons. The van der Waals surface area contributed by atoms with Gasteiger partial charge in [0.15, 0.2) is 6.10 Å². The normalized spacial score (nSPS) is 15.3. The van der Waals surface area contributed by atoms with Crippen molar-refractivity contribution in [2.45, 2.75) is 32.5 Å². The first-order valence-electron chi connectivity index (χ1n) is 10.8. The van der Waals surface area contributed by atoms with Crippen LogP contribution in [0.25, 0.3) is 0 Å². The van der Waals surface area contributed by atoms with Gasteiger partial charge in [0.05, 0.1) is 7.11 Å². The van der Waals surface area contributed by atoms with Gasteiger partial charge >= 0.3 is 0 Å². The lowest BCUT2D eigenvalue weighted by atomic mass is 10.1. The molecule has 0 saturated carbocycles. The molecule has 1 heterocycles. The standard InChI is InChI=1S/C26H25ClN2O4/c1-3-23-26(31)29(15-18-7-4-5-10-22(18)27)16-19-13-20(11-12-24(19)33-23)28-25(30)17-8-6-9-21(14-17)32-2/h4-14,23H,3,15-16H2,1-2H3,(H,28,30). The van der Waals surface area contributed by atoms with Gasteiger partial charge in [-0.1, -0.05) is 42.8 Å². The Morgan fingerprint density at radius 2 is 1.97 bits per heavy atom. The smallest absolute Gasteiger partial charge is 0.264 e. The average molecular weight is 465 g/mol. The summed E-state index contributed by atoms with van der Waals surface area (Å²) in [6, 6.07) is 19.9. The molecule has 0 aliphatic carbocycles. The predicted molar refractivity (Wildman–Crippen MR) is 128 cm³/mol. The highest BCUT2D eigenvalue weighted by molar-refractivity contribution is 6.31. The SMILES string of the molecule is CCC1Oc2ccc(NC(=O)c3cccc(OC)c3)cc2CN(Cc2ccccc2Cl)C1=O. The summed E-state index contributed by atoms with van der Waals surface area (Å²) < 4.78 is 11.2. The van der Waals surface area contributed by atoms with Crippen LogP contribution in [0.15, 0.2) is 66.7 Å². The predicted octanol–water partition coefficient (Wildman–Crippen LogP) is 5.30. The van der Waals surface area contributed by atoms with E-state index < -0.39 is 6.10 Å². The molecule has 1 unspecified atom stereocenters. The van der Waals surface area contributed by atoms with E-state index >= 15 is 0 Å². The molecule has 4 rings (SSSR count). The minimum absolute atomic E-state index is 0.0874. The zero-order valence-corrected chi connectivity index (χ0v) is 19.3. The highest BCUT2D eigenvalue weighted by Gasteiger charge is 2.30. The van der Waals surface area contributed by atoms with E-state index in [9.17, 15) is 9.59 Å². The van der Waals surface area contributed by atoms with Crippen molar-refractivity contribution in [2.24, 2.45) is 0 Å². The fraction of sp³-hybridized carbons (Fsp3) is 0.231. The number of carbonyl (C=O) groups is 2. The number of amides is 2. The molecule has 1 atom stereocenters. The van der Waals surface area contributed by atoms with Crippen molar-refractivity contribution >= 4 is 29.1 Å². The third-order valence-electron chi connectivity index (χ3n) is 5.56. The Bertz CT molecular complexity index is 1180. The van der Waals surface area contributed by atoms with Crippen molar-refractivity contribution < 1.29 is 19.1 Å². The summed E-state index contributed by atoms with van der Waals surface area (Å²) in [6.45, 7) is 2.64. The fourth-order valence-corrected chi connectivity index (χ4v) is 3.97. The minimum atomic E-state index is -0.578. The number of carbonyl (C=O) groups excluding carboxylic acids is 2. The van der Waals surface area contributed by atoms with Crippen molar-refractivity contribution in [2.75, 3.05) is 12.4 Å². The van der Waals surface area contributed by atoms with Gasteiger partial charge in [-0.3, -0.25) is 9.59 Å². The van der Waals surface area contributed by atoms with Crippen LogP contribution >= 0.6 is 11.6 Å². The number of hydrogen-bond donors (Lipinski definition) is 1. The molecular weight excluding hydrogens is 440 g/mol. The van der Waals surface area contributed by atoms with Gasteiger partial charge in [0.25, 0.3) is 11.8 Å². The van der Waals surface area contributed by atoms with Crippen LogP contribution in [0.2, 0.25) is 5.02 Å². The Kier molecular flexibility index (Phi) is 6.84. The maximum atomic E-state index is 13.1. The number of nitrogens with one attached hydrogen (secondary N) is 1. The zero-order chi connectivity index (χ0) is 23.4. The second kappa shape index (κ2) is 9.96. The number of nitrogens with zero attached hydrogens (tertiary/aromatic N) is 1. The number of benzene rings is 3. The highest BCUT2D eigenvalue weighted by Crippen LogP contribution is 2.31. The lowest BCUT2D eigenvalue weighted by Gasteiger charge is -2.23.